The van der Waals surface area contributed by atoms with E-state index in [2.05, 4.69) is 47.8 Å². The van der Waals surface area contributed by atoms with Gasteiger partial charge in [0.2, 0.25) is 0 Å². The molecule has 20 heavy (non-hydrogen) atoms. The molecule has 0 aliphatic carbocycles. The number of hydrogen-bond donors (Lipinski definition) is 1. The van der Waals surface area contributed by atoms with Gasteiger partial charge in [-0.2, -0.15) is 0 Å². The normalized spacial score (nSPS) is 19.7. The van der Waals surface area contributed by atoms with Crippen LogP contribution in [0.15, 0.2) is 42.5 Å². The number of nitrogens with one attached hydrogen (secondary N) is 1. The van der Waals surface area contributed by atoms with Crippen molar-refractivity contribution in [3.8, 4) is 5.75 Å². The first-order valence-electron chi connectivity index (χ1n) is 7.48. The molecule has 0 spiro atoms. The van der Waals surface area contributed by atoms with E-state index in [1.54, 1.807) is 0 Å². The van der Waals surface area contributed by atoms with Crippen LogP contribution in [-0.2, 0) is 19.3 Å². The average Bonchev–Trinajstić information content (AvgIpc) is 2.97. The topological polar surface area (TPSA) is 21.3 Å². The Morgan fingerprint density at radius 1 is 1.00 bits per heavy atom. The lowest BCUT2D eigenvalue weighted by Gasteiger charge is -2.27. The van der Waals surface area contributed by atoms with Crippen molar-refractivity contribution in [1.29, 1.82) is 0 Å². The van der Waals surface area contributed by atoms with Gasteiger partial charge < -0.3 is 10.1 Å². The van der Waals surface area contributed by atoms with Crippen LogP contribution in [0.2, 0.25) is 0 Å². The molecule has 2 aliphatic rings. The highest BCUT2D eigenvalue weighted by molar-refractivity contribution is 5.54. The summed E-state index contributed by atoms with van der Waals surface area (Å²) in [5, 5.41) is 3.68. The Morgan fingerprint density at radius 3 is 2.90 bits per heavy atom. The number of rotatable bonds is 2. The van der Waals surface area contributed by atoms with E-state index in [1.807, 2.05) is 0 Å². The third-order valence-corrected chi connectivity index (χ3v) is 4.40. The lowest BCUT2D eigenvalue weighted by Crippen LogP contribution is -2.27. The zero-order valence-electron chi connectivity index (χ0n) is 11.6. The maximum Gasteiger partial charge on any atom is 0.125 e. The number of ether oxygens (including phenoxy) is 1. The first kappa shape index (κ1) is 11.8. The predicted octanol–water partition coefficient (Wildman–Crippen LogP) is 3.59. The molecule has 0 amide bonds. The molecule has 2 nitrogen and oxygen atoms in total. The fourth-order valence-corrected chi connectivity index (χ4v) is 3.36. The van der Waals surface area contributed by atoms with Crippen LogP contribution in [0.4, 0.5) is 5.69 Å². The molecule has 0 radical (unpaired) electrons. The summed E-state index contributed by atoms with van der Waals surface area (Å²) >= 11 is 0. The number of hydrogen-bond acceptors (Lipinski definition) is 2. The van der Waals surface area contributed by atoms with Crippen molar-refractivity contribution in [1.82, 2.24) is 0 Å². The maximum absolute atomic E-state index is 5.81. The molecule has 1 N–H and O–H groups in total. The molecule has 0 fully saturated rings. The molecule has 2 aromatic rings. The molecule has 0 aromatic heterocycles. The van der Waals surface area contributed by atoms with Crippen LogP contribution in [0.25, 0.3) is 0 Å². The van der Waals surface area contributed by atoms with Crippen molar-refractivity contribution in [3.63, 3.8) is 0 Å². The molecule has 0 bridgehead atoms. The van der Waals surface area contributed by atoms with Crippen molar-refractivity contribution in [2.45, 2.75) is 31.7 Å². The number of benzene rings is 2. The van der Waals surface area contributed by atoms with Gasteiger partial charge in [-0.05, 0) is 42.0 Å². The molecular weight excluding hydrogens is 246 g/mol. The van der Waals surface area contributed by atoms with Gasteiger partial charge in [-0.3, -0.25) is 0 Å². The van der Waals surface area contributed by atoms with Crippen LogP contribution in [0.5, 0.6) is 5.75 Å². The van der Waals surface area contributed by atoms with Gasteiger partial charge in [0.1, 0.15) is 5.75 Å². The molecule has 2 heteroatoms. The number of para-hydroxylation sites is 2. The van der Waals surface area contributed by atoms with Gasteiger partial charge in [-0.1, -0.05) is 36.4 Å². The smallest absolute Gasteiger partial charge is 0.125 e. The summed E-state index contributed by atoms with van der Waals surface area (Å²) in [6.07, 6.45) is 4.48. The van der Waals surface area contributed by atoms with E-state index >= 15 is 0 Å². The Balaban J connectivity index is 1.55. The van der Waals surface area contributed by atoms with E-state index in [0.717, 1.165) is 25.2 Å². The Bertz CT molecular complexity index is 635. The summed E-state index contributed by atoms with van der Waals surface area (Å²) in [4.78, 5) is 0. The lowest BCUT2D eigenvalue weighted by atomic mass is 9.93. The highest BCUT2D eigenvalue weighted by atomic mass is 16.5. The minimum Gasteiger partial charge on any atom is -0.493 e. The van der Waals surface area contributed by atoms with E-state index in [-0.39, 0.29) is 0 Å². The van der Waals surface area contributed by atoms with Crippen molar-refractivity contribution in [3.05, 3.63) is 59.2 Å². The van der Waals surface area contributed by atoms with Crippen molar-refractivity contribution >= 4 is 5.69 Å². The first-order chi connectivity index (χ1) is 9.90. The summed E-state index contributed by atoms with van der Waals surface area (Å²) in [6.45, 7) is 0.841. The van der Waals surface area contributed by atoms with Crippen LogP contribution < -0.4 is 10.1 Å². The summed E-state index contributed by atoms with van der Waals surface area (Å²) in [5.41, 5.74) is 5.48. The van der Waals surface area contributed by atoms with Gasteiger partial charge in [-0.25, -0.2) is 0 Å². The highest BCUT2D eigenvalue weighted by Gasteiger charge is 2.21. The van der Waals surface area contributed by atoms with E-state index < -0.39 is 0 Å². The standard InChI is InChI=1S/C18H19NO/c1-2-7-17-13(4-1)8-9-16(19-17)12-15-6-3-5-14-10-11-20-18(14)15/h1-7,16,19H,8-12H2. The van der Waals surface area contributed by atoms with Gasteiger partial charge in [0, 0.05) is 18.2 Å². The van der Waals surface area contributed by atoms with Gasteiger partial charge in [0.25, 0.3) is 0 Å². The summed E-state index contributed by atoms with van der Waals surface area (Å²) in [5.74, 6) is 1.15. The largest absolute Gasteiger partial charge is 0.493 e. The maximum atomic E-state index is 5.81. The lowest BCUT2D eigenvalue weighted by molar-refractivity contribution is 0.352. The van der Waals surface area contributed by atoms with Gasteiger partial charge >= 0.3 is 0 Å². The molecule has 2 heterocycles. The van der Waals surface area contributed by atoms with Gasteiger partial charge in [-0.15, -0.1) is 0 Å². The molecule has 1 atom stereocenters. The van der Waals surface area contributed by atoms with Crippen LogP contribution in [0.1, 0.15) is 23.1 Å². The molecule has 1 unspecified atom stereocenters. The molecule has 0 saturated heterocycles. The molecule has 102 valence electrons. The molecule has 0 saturated carbocycles. The minimum atomic E-state index is 0.514. The molecular formula is C18H19NO. The first-order valence-corrected chi connectivity index (χ1v) is 7.48. The minimum absolute atomic E-state index is 0.514. The second-order valence-corrected chi connectivity index (χ2v) is 5.75. The predicted molar refractivity (Wildman–Crippen MR) is 81.5 cm³/mol. The van der Waals surface area contributed by atoms with Crippen molar-refractivity contribution in [2.24, 2.45) is 0 Å². The third-order valence-electron chi connectivity index (χ3n) is 4.40. The van der Waals surface area contributed by atoms with Crippen molar-refractivity contribution in [2.75, 3.05) is 11.9 Å². The molecule has 4 rings (SSSR count). The zero-order valence-corrected chi connectivity index (χ0v) is 11.6. The van der Waals surface area contributed by atoms with Crippen LogP contribution in [0, 0.1) is 0 Å². The van der Waals surface area contributed by atoms with Gasteiger partial charge in [0.05, 0.1) is 6.61 Å². The third kappa shape index (κ3) is 2.05. The van der Waals surface area contributed by atoms with E-state index in [4.69, 9.17) is 4.74 Å². The summed E-state index contributed by atoms with van der Waals surface area (Å²) < 4.78 is 5.81. The van der Waals surface area contributed by atoms with Crippen LogP contribution >= 0.6 is 0 Å². The second kappa shape index (κ2) is 4.86. The highest BCUT2D eigenvalue weighted by Crippen LogP contribution is 2.32. The van der Waals surface area contributed by atoms with E-state index in [1.165, 1.54) is 35.2 Å². The fraction of sp³-hybridized carbons (Fsp3) is 0.333. The van der Waals surface area contributed by atoms with Crippen LogP contribution in [-0.4, -0.2) is 12.6 Å². The van der Waals surface area contributed by atoms with E-state index in [9.17, 15) is 0 Å². The Morgan fingerprint density at radius 2 is 1.90 bits per heavy atom. The Labute approximate surface area is 119 Å². The number of fused-ring (bicyclic) bond motifs is 2. The SMILES string of the molecule is c1ccc2c(c1)CCC(Cc1cccc3c1OCC3)N2. The zero-order chi connectivity index (χ0) is 13.4. The summed E-state index contributed by atoms with van der Waals surface area (Å²) in [7, 11) is 0. The van der Waals surface area contributed by atoms with E-state index in [0.29, 0.717) is 6.04 Å². The Kier molecular flexibility index (Phi) is 2.87. The molecule has 2 aromatic carbocycles. The number of aryl methyl sites for hydroxylation is 1. The van der Waals surface area contributed by atoms with Gasteiger partial charge in [0.15, 0.2) is 0 Å². The second-order valence-electron chi connectivity index (χ2n) is 5.75. The van der Waals surface area contributed by atoms with Crippen LogP contribution in [0.3, 0.4) is 0 Å². The summed E-state index contributed by atoms with van der Waals surface area (Å²) in [6, 6.07) is 15.7. The van der Waals surface area contributed by atoms with Crippen molar-refractivity contribution < 1.29 is 4.74 Å². The Hall–Kier alpha value is -1.96. The monoisotopic (exact) mass is 265 g/mol. The number of anilines is 1. The molecule has 2 aliphatic heterocycles. The fourth-order valence-electron chi connectivity index (χ4n) is 3.36. The average molecular weight is 265 g/mol. The quantitative estimate of drug-likeness (QED) is 0.896.